The molecule has 3 heterocycles. The first kappa shape index (κ1) is 31.2. The first-order chi connectivity index (χ1) is 18.4. The number of Topliss-reactive ketones (excluding diaryl/α,β-unsaturated/α-hetero) is 1. The van der Waals surface area contributed by atoms with Crippen molar-refractivity contribution in [1.29, 1.82) is 0 Å². The predicted octanol–water partition coefficient (Wildman–Crippen LogP) is 1.92. The van der Waals surface area contributed by atoms with Gasteiger partial charge in [0.05, 0.1) is 31.0 Å². The monoisotopic (exact) mass is 549 g/mol. The zero-order valence-electron chi connectivity index (χ0n) is 23.5. The number of aliphatic hydroxyl groups is 2. The summed E-state index contributed by atoms with van der Waals surface area (Å²) in [4.78, 5) is 35.0. The van der Waals surface area contributed by atoms with Crippen LogP contribution in [0.3, 0.4) is 0 Å². The molecular weight excluding hydrogens is 506 g/mol. The van der Waals surface area contributed by atoms with Crippen LogP contribution in [0, 0.1) is 5.92 Å². The van der Waals surface area contributed by atoms with Crippen LogP contribution in [0.5, 0.6) is 0 Å². The van der Waals surface area contributed by atoms with E-state index in [2.05, 4.69) is 18.3 Å². The summed E-state index contributed by atoms with van der Waals surface area (Å²) in [6, 6.07) is -0.130. The number of hydrogen-bond donors (Lipinski definition) is 3. The van der Waals surface area contributed by atoms with Crippen molar-refractivity contribution >= 4 is 17.7 Å². The molecule has 0 unspecified atom stereocenters. The van der Waals surface area contributed by atoms with E-state index in [0.29, 0.717) is 19.4 Å². The second-order valence-electron chi connectivity index (χ2n) is 11.1. The average molecular weight is 550 g/mol. The number of allylic oxidation sites excluding steroid dienone is 2. The zero-order valence-corrected chi connectivity index (χ0v) is 23.5. The van der Waals surface area contributed by atoms with E-state index in [-0.39, 0.29) is 42.3 Å². The highest BCUT2D eigenvalue weighted by Crippen LogP contribution is 2.43. The van der Waals surface area contributed by atoms with Crippen molar-refractivity contribution in [2.75, 3.05) is 13.2 Å². The zero-order chi connectivity index (χ0) is 28.7. The molecule has 3 fully saturated rings. The molecule has 39 heavy (non-hydrogen) atoms. The van der Waals surface area contributed by atoms with Crippen LogP contribution >= 0.6 is 0 Å². The highest BCUT2D eigenvalue weighted by atomic mass is 16.6. The Balaban J connectivity index is 1.50. The van der Waals surface area contributed by atoms with Crippen molar-refractivity contribution in [2.24, 2.45) is 5.92 Å². The molecule has 0 aromatic heterocycles. The van der Waals surface area contributed by atoms with Gasteiger partial charge in [0.15, 0.2) is 5.78 Å². The summed E-state index contributed by atoms with van der Waals surface area (Å²) >= 11 is 0. The van der Waals surface area contributed by atoms with Crippen LogP contribution in [-0.4, -0.2) is 89.4 Å². The number of ketones is 1. The van der Waals surface area contributed by atoms with E-state index in [1.54, 1.807) is 19.1 Å². The molecule has 9 atom stereocenters. The van der Waals surface area contributed by atoms with Crippen LogP contribution in [0.2, 0.25) is 0 Å². The van der Waals surface area contributed by atoms with E-state index in [4.69, 9.17) is 24.1 Å². The normalized spacial score (nSPS) is 35.8. The van der Waals surface area contributed by atoms with Gasteiger partial charge in [-0.2, -0.15) is 0 Å². The molecule has 1 spiro atoms. The van der Waals surface area contributed by atoms with Crippen LogP contribution in [0.1, 0.15) is 60.3 Å². The maximum Gasteiger partial charge on any atom is 0.303 e. The number of hydrogen-bond acceptors (Lipinski definition) is 9. The molecule has 0 aromatic rings. The number of rotatable bonds is 11. The van der Waals surface area contributed by atoms with Crippen molar-refractivity contribution in [3.8, 4) is 0 Å². The number of carbonyl (C=O) groups is 3. The third-order valence-electron chi connectivity index (χ3n) is 7.56. The average Bonchev–Trinajstić information content (AvgIpc) is 3.64. The molecule has 0 aromatic carbocycles. The number of aliphatic hydroxyl groups excluding tert-OH is 2. The van der Waals surface area contributed by atoms with E-state index in [1.807, 2.05) is 19.9 Å². The number of nitrogens with one attached hydrogen (secondary N) is 1. The lowest BCUT2D eigenvalue weighted by molar-refractivity contribution is -0.145. The Labute approximate surface area is 230 Å². The smallest absolute Gasteiger partial charge is 0.303 e. The first-order valence-electron chi connectivity index (χ1n) is 13.7. The fourth-order valence-electron chi connectivity index (χ4n) is 5.21. The highest BCUT2D eigenvalue weighted by molar-refractivity contribution is 5.87. The minimum absolute atomic E-state index is 0.00967. The topological polar surface area (TPSA) is 144 Å². The van der Waals surface area contributed by atoms with Gasteiger partial charge in [0.1, 0.15) is 30.5 Å². The molecule has 1 amide bonds. The molecule has 218 valence electrons. The van der Waals surface area contributed by atoms with Crippen molar-refractivity contribution in [2.45, 2.75) is 109 Å². The number of carbonyl (C=O) groups excluding carboxylic acids is 3. The highest BCUT2D eigenvalue weighted by Gasteiger charge is 2.58. The van der Waals surface area contributed by atoms with Crippen molar-refractivity contribution in [3.63, 3.8) is 0 Å². The minimum atomic E-state index is -0.823. The van der Waals surface area contributed by atoms with Crippen LogP contribution in [0.25, 0.3) is 0 Å². The lowest BCUT2D eigenvalue weighted by atomic mass is 9.87. The van der Waals surface area contributed by atoms with E-state index in [0.717, 1.165) is 12.0 Å². The van der Waals surface area contributed by atoms with Crippen molar-refractivity contribution < 1.29 is 43.5 Å². The molecule has 10 nitrogen and oxygen atoms in total. The SMILES string of the molecule is CC(=O)O[C@@H](C)/C=C\C(=O)N[C@@H]1C[C@H](C)[C@H](C/C=C(C)/C=C/[C@H]2O[C@H](CC(=O)CO)C[C@@]3(CO3)[C@H]2O)O[C@@H]1C. The van der Waals surface area contributed by atoms with Gasteiger partial charge in [-0.25, -0.2) is 0 Å². The van der Waals surface area contributed by atoms with Gasteiger partial charge in [0.25, 0.3) is 0 Å². The lowest BCUT2D eigenvalue weighted by Gasteiger charge is -2.39. The maximum absolute atomic E-state index is 12.3. The molecule has 3 rings (SSSR count). The quantitative estimate of drug-likeness (QED) is 0.152. The number of esters is 1. The molecule has 3 N–H and O–H groups in total. The molecule has 0 aliphatic carbocycles. The molecule has 3 saturated heterocycles. The Bertz CT molecular complexity index is 970. The van der Waals surface area contributed by atoms with Gasteiger partial charge >= 0.3 is 5.97 Å². The second-order valence-corrected chi connectivity index (χ2v) is 11.1. The van der Waals surface area contributed by atoms with Gasteiger partial charge in [-0.1, -0.05) is 30.7 Å². The van der Waals surface area contributed by atoms with Gasteiger partial charge in [0.2, 0.25) is 5.91 Å². The van der Waals surface area contributed by atoms with Crippen molar-refractivity contribution in [3.05, 3.63) is 36.0 Å². The Hall–Kier alpha value is -2.37. The standard InChI is InChI=1S/C29H43NO9/c1-17(7-10-26-28(35)29(16-36-29)14-23(39-26)13-22(33)15-31)6-9-25-18(2)12-24(20(4)38-25)30-27(34)11-8-19(3)37-21(5)32/h6-8,10-11,18-20,23-26,28,31,35H,9,12-16H2,1-5H3,(H,30,34)/b10-7+,11-8-,17-6+/t18-,19-,20+,23+,24+,25-,26+,28-,29+/m0/s1. The van der Waals surface area contributed by atoms with E-state index < -0.39 is 42.6 Å². The van der Waals surface area contributed by atoms with E-state index >= 15 is 0 Å². The molecule has 0 bridgehead atoms. The van der Waals surface area contributed by atoms with Gasteiger partial charge in [-0.15, -0.1) is 0 Å². The summed E-state index contributed by atoms with van der Waals surface area (Å²) in [6.07, 6.45) is 8.17. The van der Waals surface area contributed by atoms with Crippen LogP contribution < -0.4 is 5.32 Å². The van der Waals surface area contributed by atoms with Gasteiger partial charge in [-0.05, 0) is 45.6 Å². The van der Waals surface area contributed by atoms with E-state index in [9.17, 15) is 19.5 Å². The molecule has 3 aliphatic heterocycles. The molecular formula is C29H43NO9. The summed E-state index contributed by atoms with van der Waals surface area (Å²) in [5, 5.41) is 22.8. The van der Waals surface area contributed by atoms with Crippen LogP contribution in [0.4, 0.5) is 0 Å². The third-order valence-corrected chi connectivity index (χ3v) is 7.56. The summed E-state index contributed by atoms with van der Waals surface area (Å²) in [5.41, 5.74) is 0.311. The Morgan fingerprint density at radius 1 is 1.18 bits per heavy atom. The van der Waals surface area contributed by atoms with Gasteiger partial charge in [0, 0.05) is 25.8 Å². The van der Waals surface area contributed by atoms with Crippen molar-refractivity contribution in [1.82, 2.24) is 5.32 Å². The van der Waals surface area contributed by atoms with Gasteiger partial charge in [-0.3, -0.25) is 14.4 Å². The Kier molecular flexibility index (Phi) is 11.0. The first-order valence-corrected chi connectivity index (χ1v) is 13.7. The van der Waals surface area contributed by atoms with Crippen LogP contribution in [0.15, 0.2) is 36.0 Å². The molecule has 3 aliphatic rings. The number of epoxide rings is 1. The second kappa shape index (κ2) is 13.8. The van der Waals surface area contributed by atoms with Gasteiger partial charge < -0.3 is 34.5 Å². The Morgan fingerprint density at radius 3 is 2.54 bits per heavy atom. The third kappa shape index (κ3) is 9.08. The summed E-state index contributed by atoms with van der Waals surface area (Å²) < 4.78 is 22.7. The predicted molar refractivity (Wildman–Crippen MR) is 143 cm³/mol. The number of amides is 1. The fourth-order valence-corrected chi connectivity index (χ4v) is 5.21. The molecule has 0 radical (unpaired) electrons. The molecule has 10 heteroatoms. The minimum Gasteiger partial charge on any atom is -0.459 e. The summed E-state index contributed by atoms with van der Waals surface area (Å²) in [6.45, 7) is 8.93. The largest absolute Gasteiger partial charge is 0.459 e. The fraction of sp³-hybridized carbons (Fsp3) is 0.690. The van der Waals surface area contributed by atoms with E-state index in [1.165, 1.54) is 13.0 Å². The Morgan fingerprint density at radius 2 is 1.90 bits per heavy atom. The maximum atomic E-state index is 12.3. The summed E-state index contributed by atoms with van der Waals surface area (Å²) in [7, 11) is 0. The lowest BCUT2D eigenvalue weighted by Crippen LogP contribution is -2.50. The van der Waals surface area contributed by atoms with Crippen LogP contribution in [-0.2, 0) is 33.3 Å². The number of ether oxygens (including phenoxy) is 4. The summed E-state index contributed by atoms with van der Waals surface area (Å²) in [5.74, 6) is -0.740. The molecule has 0 saturated carbocycles.